The van der Waals surface area contributed by atoms with E-state index in [2.05, 4.69) is 21.2 Å². The Morgan fingerprint density at radius 2 is 1.83 bits per heavy atom. The first kappa shape index (κ1) is 29.2. The van der Waals surface area contributed by atoms with Crippen LogP contribution in [0.25, 0.3) is 0 Å². The Labute approximate surface area is 220 Å². The van der Waals surface area contributed by atoms with Gasteiger partial charge in [0.15, 0.2) is 0 Å². The van der Waals surface area contributed by atoms with Crippen LogP contribution in [-0.2, 0) is 26.2 Å². The third-order valence-electron chi connectivity index (χ3n) is 5.76. The molecular weight excluding hydrogens is 552 g/mol. The van der Waals surface area contributed by atoms with Gasteiger partial charge in [-0.3, -0.25) is 24.0 Å². The molecule has 0 saturated carbocycles. The van der Waals surface area contributed by atoms with Crippen molar-refractivity contribution in [1.29, 1.82) is 0 Å². The Morgan fingerprint density at radius 1 is 1.17 bits per heavy atom. The Balaban J connectivity index is 2.48. The van der Waals surface area contributed by atoms with Crippen LogP contribution in [0.3, 0.4) is 0 Å². The number of nitro groups is 1. The maximum absolute atomic E-state index is 13.6. The minimum absolute atomic E-state index is 0.0270. The van der Waals surface area contributed by atoms with Crippen LogP contribution >= 0.6 is 15.9 Å². The summed E-state index contributed by atoms with van der Waals surface area (Å²) in [5.74, 6) is -0.997. The van der Waals surface area contributed by atoms with Crippen LogP contribution in [-0.4, -0.2) is 54.9 Å². The third kappa shape index (κ3) is 7.76. The molecule has 2 aromatic carbocycles. The summed E-state index contributed by atoms with van der Waals surface area (Å²) >= 11 is 3.40. The van der Waals surface area contributed by atoms with E-state index >= 15 is 0 Å². The highest BCUT2D eigenvalue weighted by atomic mass is 79.9. The summed E-state index contributed by atoms with van der Waals surface area (Å²) in [4.78, 5) is 38.5. The number of carbonyl (C=O) groups is 2. The largest absolute Gasteiger partial charge is 0.352 e. The monoisotopic (exact) mass is 582 g/mol. The number of non-ortho nitro benzene ring substituents is 1. The molecule has 10 nitrogen and oxygen atoms in total. The number of carbonyl (C=O) groups excluding carboxylic acids is 2. The van der Waals surface area contributed by atoms with Crippen molar-refractivity contribution >= 4 is 49.1 Å². The number of hydrogen-bond donors (Lipinski definition) is 1. The fourth-order valence-electron chi connectivity index (χ4n) is 3.45. The van der Waals surface area contributed by atoms with E-state index in [1.165, 1.54) is 17.0 Å². The Bertz CT molecular complexity index is 1240. The molecule has 0 aromatic heterocycles. The van der Waals surface area contributed by atoms with Gasteiger partial charge in [-0.2, -0.15) is 0 Å². The number of benzene rings is 2. The molecular formula is C24H31BrN4O6S. The van der Waals surface area contributed by atoms with E-state index < -0.39 is 33.4 Å². The van der Waals surface area contributed by atoms with Crippen LogP contribution in [0.1, 0.15) is 38.3 Å². The van der Waals surface area contributed by atoms with E-state index in [1.807, 2.05) is 19.9 Å². The van der Waals surface area contributed by atoms with E-state index in [0.717, 1.165) is 26.7 Å². The quantitative estimate of drug-likeness (QED) is 0.317. The van der Waals surface area contributed by atoms with Gasteiger partial charge in [-0.15, -0.1) is 0 Å². The summed E-state index contributed by atoms with van der Waals surface area (Å²) in [6, 6.07) is 10.0. The van der Waals surface area contributed by atoms with Gasteiger partial charge in [0.2, 0.25) is 21.8 Å². The molecule has 12 heteroatoms. The first-order chi connectivity index (χ1) is 16.7. The van der Waals surface area contributed by atoms with Gasteiger partial charge in [0.1, 0.15) is 12.6 Å². The Hall–Kier alpha value is -2.99. The lowest BCUT2D eigenvalue weighted by atomic mass is 10.1. The predicted octanol–water partition coefficient (Wildman–Crippen LogP) is 3.76. The number of anilines is 1. The zero-order chi connectivity index (χ0) is 27.2. The average molecular weight is 584 g/mol. The van der Waals surface area contributed by atoms with Gasteiger partial charge in [0, 0.05) is 29.2 Å². The van der Waals surface area contributed by atoms with Gasteiger partial charge in [-0.1, -0.05) is 41.1 Å². The number of nitro benzene ring substituents is 1. The lowest BCUT2D eigenvalue weighted by molar-refractivity contribution is -0.384. The van der Waals surface area contributed by atoms with Crippen molar-refractivity contribution in [2.45, 2.75) is 52.7 Å². The summed E-state index contributed by atoms with van der Waals surface area (Å²) in [7, 11) is -4.00. The lowest BCUT2D eigenvalue weighted by Gasteiger charge is -2.32. The molecule has 2 atom stereocenters. The number of amides is 2. The molecule has 2 rings (SSSR count). The Kier molecular flexibility index (Phi) is 10.00. The van der Waals surface area contributed by atoms with Crippen LogP contribution in [0.4, 0.5) is 11.4 Å². The molecule has 0 fully saturated rings. The maximum Gasteiger partial charge on any atom is 0.271 e. The molecule has 2 aromatic rings. The van der Waals surface area contributed by atoms with Crippen LogP contribution in [0, 0.1) is 17.0 Å². The summed E-state index contributed by atoms with van der Waals surface area (Å²) in [5, 5.41) is 14.1. The third-order valence-corrected chi connectivity index (χ3v) is 7.38. The first-order valence-corrected chi connectivity index (χ1v) is 14.0. The molecule has 0 bridgehead atoms. The fraction of sp³-hybridized carbons (Fsp3) is 0.417. The van der Waals surface area contributed by atoms with E-state index in [0.29, 0.717) is 12.0 Å². The number of aryl methyl sites for hydroxylation is 1. The van der Waals surface area contributed by atoms with Crippen molar-refractivity contribution in [3.63, 3.8) is 0 Å². The topological polar surface area (TPSA) is 130 Å². The molecule has 0 spiro atoms. The van der Waals surface area contributed by atoms with Gasteiger partial charge in [0.05, 0.1) is 16.9 Å². The summed E-state index contributed by atoms with van der Waals surface area (Å²) in [6.07, 6.45) is 1.63. The van der Waals surface area contributed by atoms with Gasteiger partial charge in [-0.05, 0) is 50.5 Å². The number of nitrogens with one attached hydrogen (secondary N) is 1. The molecule has 0 saturated heterocycles. The van der Waals surface area contributed by atoms with E-state index in [9.17, 15) is 28.1 Å². The number of rotatable bonds is 11. The SMILES string of the molecule is CCC(C)NC(=O)C(C)N(Cc1cccc(Br)c1)C(=O)CN(c1cc([N+](=O)[O-])ccc1C)S(C)(=O)=O. The van der Waals surface area contributed by atoms with Crippen LogP contribution in [0.2, 0.25) is 0 Å². The average Bonchev–Trinajstić information content (AvgIpc) is 2.80. The summed E-state index contributed by atoms with van der Waals surface area (Å²) in [6.45, 7) is 6.38. The molecule has 0 aliphatic heterocycles. The van der Waals surface area contributed by atoms with Crippen molar-refractivity contribution in [2.75, 3.05) is 17.1 Å². The van der Waals surface area contributed by atoms with Crippen LogP contribution < -0.4 is 9.62 Å². The molecule has 2 unspecified atom stereocenters. The zero-order valence-corrected chi connectivity index (χ0v) is 23.3. The van der Waals surface area contributed by atoms with Gasteiger partial charge >= 0.3 is 0 Å². The van der Waals surface area contributed by atoms with Crippen LogP contribution in [0.15, 0.2) is 46.9 Å². The number of halogens is 1. The molecule has 0 radical (unpaired) electrons. The lowest BCUT2D eigenvalue weighted by Crippen LogP contribution is -2.52. The van der Waals surface area contributed by atoms with E-state index in [4.69, 9.17) is 0 Å². The normalized spacial score (nSPS) is 12.9. The smallest absolute Gasteiger partial charge is 0.271 e. The maximum atomic E-state index is 13.6. The first-order valence-electron chi connectivity index (χ1n) is 11.3. The number of nitrogens with zero attached hydrogens (tertiary/aromatic N) is 3. The second-order valence-corrected chi connectivity index (χ2v) is 11.5. The van der Waals surface area contributed by atoms with Crippen molar-refractivity contribution in [2.24, 2.45) is 0 Å². The van der Waals surface area contributed by atoms with Gasteiger partial charge in [-0.25, -0.2) is 8.42 Å². The molecule has 0 heterocycles. The van der Waals surface area contributed by atoms with Gasteiger partial charge < -0.3 is 10.2 Å². The highest BCUT2D eigenvalue weighted by molar-refractivity contribution is 9.10. The Morgan fingerprint density at radius 3 is 2.39 bits per heavy atom. The summed E-state index contributed by atoms with van der Waals surface area (Å²) in [5.41, 5.74) is 0.904. The van der Waals surface area contributed by atoms with E-state index in [-0.39, 0.29) is 29.9 Å². The number of sulfonamides is 1. The predicted molar refractivity (Wildman–Crippen MR) is 142 cm³/mol. The standard InChI is InChI=1S/C24H31BrN4O6S/c1-6-17(3)26-24(31)18(4)27(14-19-8-7-9-20(25)12-19)23(30)15-28(36(5,34)35)22-13-21(29(32)33)11-10-16(22)2/h7-13,17-18H,6,14-15H2,1-5H3,(H,26,31). The molecule has 2 amide bonds. The zero-order valence-electron chi connectivity index (χ0n) is 20.9. The van der Waals surface area contributed by atoms with Crippen molar-refractivity contribution in [3.05, 3.63) is 68.2 Å². The molecule has 36 heavy (non-hydrogen) atoms. The van der Waals surface area contributed by atoms with Crippen molar-refractivity contribution in [1.82, 2.24) is 10.2 Å². The molecule has 0 aliphatic rings. The highest BCUT2D eigenvalue weighted by Crippen LogP contribution is 2.28. The molecule has 1 N–H and O–H groups in total. The minimum Gasteiger partial charge on any atom is -0.352 e. The second kappa shape index (κ2) is 12.3. The van der Waals surface area contributed by atoms with Gasteiger partial charge in [0.25, 0.3) is 5.69 Å². The minimum atomic E-state index is -4.00. The number of hydrogen-bond acceptors (Lipinski definition) is 6. The van der Waals surface area contributed by atoms with Crippen molar-refractivity contribution < 1.29 is 22.9 Å². The van der Waals surface area contributed by atoms with E-state index in [1.54, 1.807) is 32.0 Å². The molecule has 0 aliphatic carbocycles. The highest BCUT2D eigenvalue weighted by Gasteiger charge is 2.31. The van der Waals surface area contributed by atoms with Crippen LogP contribution in [0.5, 0.6) is 0 Å². The summed E-state index contributed by atoms with van der Waals surface area (Å²) < 4.78 is 27.1. The second-order valence-electron chi connectivity index (χ2n) is 8.64. The van der Waals surface area contributed by atoms with Crippen molar-refractivity contribution in [3.8, 4) is 0 Å². The fourth-order valence-corrected chi connectivity index (χ4v) is 4.80. The molecule has 196 valence electrons.